The van der Waals surface area contributed by atoms with Gasteiger partial charge in [-0.3, -0.25) is 0 Å². The first-order valence-electron chi connectivity index (χ1n) is 3.43. The smallest absolute Gasteiger partial charge is 0.268 e. The van der Waals surface area contributed by atoms with Gasteiger partial charge in [-0.05, 0) is 18.2 Å². The molecule has 0 saturated heterocycles. The van der Waals surface area contributed by atoms with E-state index in [1.165, 1.54) is 0 Å². The van der Waals surface area contributed by atoms with E-state index in [2.05, 4.69) is 0 Å². The first kappa shape index (κ1) is 9.98. The SMILES string of the molecule is OC(c1cc(F)ccc1F)C(F)F. The van der Waals surface area contributed by atoms with Gasteiger partial charge in [-0.1, -0.05) is 0 Å². The molecule has 5 heteroatoms. The van der Waals surface area contributed by atoms with Crippen molar-refractivity contribution in [3.63, 3.8) is 0 Å². The van der Waals surface area contributed by atoms with E-state index in [9.17, 15) is 17.6 Å². The first-order valence-corrected chi connectivity index (χ1v) is 3.43. The molecular formula is C8H6F4O. The molecule has 0 aliphatic carbocycles. The molecule has 13 heavy (non-hydrogen) atoms. The van der Waals surface area contributed by atoms with Gasteiger partial charge in [0.15, 0.2) is 0 Å². The van der Waals surface area contributed by atoms with Crippen molar-refractivity contribution < 1.29 is 22.7 Å². The summed E-state index contributed by atoms with van der Waals surface area (Å²) in [6, 6.07) is 2.03. The van der Waals surface area contributed by atoms with Crippen LogP contribution in [0.15, 0.2) is 18.2 Å². The van der Waals surface area contributed by atoms with Crippen LogP contribution in [-0.2, 0) is 0 Å². The number of hydrogen-bond acceptors (Lipinski definition) is 1. The van der Waals surface area contributed by atoms with Crippen LogP contribution in [0.5, 0.6) is 0 Å². The molecule has 0 spiro atoms. The van der Waals surface area contributed by atoms with Crippen molar-refractivity contribution in [1.82, 2.24) is 0 Å². The van der Waals surface area contributed by atoms with Gasteiger partial charge in [0.25, 0.3) is 6.43 Å². The molecule has 0 saturated carbocycles. The highest BCUT2D eigenvalue weighted by molar-refractivity contribution is 5.21. The van der Waals surface area contributed by atoms with E-state index in [1.54, 1.807) is 0 Å². The van der Waals surface area contributed by atoms with E-state index >= 15 is 0 Å². The number of alkyl halides is 2. The Morgan fingerprint density at radius 3 is 2.31 bits per heavy atom. The zero-order valence-electron chi connectivity index (χ0n) is 6.35. The fourth-order valence-corrected chi connectivity index (χ4v) is 0.877. The molecule has 1 nitrogen and oxygen atoms in total. The second kappa shape index (κ2) is 3.74. The van der Waals surface area contributed by atoms with E-state index in [4.69, 9.17) is 5.11 Å². The summed E-state index contributed by atoms with van der Waals surface area (Å²) in [6.45, 7) is 0. The molecule has 1 rings (SSSR count). The van der Waals surface area contributed by atoms with Crippen LogP contribution >= 0.6 is 0 Å². The Labute approximate surface area is 71.6 Å². The Morgan fingerprint density at radius 2 is 1.77 bits per heavy atom. The summed E-state index contributed by atoms with van der Waals surface area (Å²) in [7, 11) is 0. The molecule has 72 valence electrons. The molecule has 0 bridgehead atoms. The number of benzene rings is 1. The summed E-state index contributed by atoms with van der Waals surface area (Å²) in [6.07, 6.45) is -5.41. The zero-order valence-corrected chi connectivity index (χ0v) is 6.35. The summed E-state index contributed by atoms with van der Waals surface area (Å²) < 4.78 is 48.9. The second-order valence-electron chi connectivity index (χ2n) is 2.45. The van der Waals surface area contributed by atoms with Crippen LogP contribution in [0.25, 0.3) is 0 Å². The Kier molecular flexibility index (Phi) is 2.87. The predicted octanol–water partition coefficient (Wildman–Crippen LogP) is 2.26. The van der Waals surface area contributed by atoms with E-state index in [0.29, 0.717) is 12.1 Å². The average Bonchev–Trinajstić information content (AvgIpc) is 2.08. The van der Waals surface area contributed by atoms with Crippen molar-refractivity contribution >= 4 is 0 Å². The van der Waals surface area contributed by atoms with Crippen molar-refractivity contribution in [2.75, 3.05) is 0 Å². The van der Waals surface area contributed by atoms with Crippen LogP contribution in [0.3, 0.4) is 0 Å². The molecule has 1 atom stereocenters. The molecule has 0 amide bonds. The molecule has 1 N–H and O–H groups in total. The molecule has 1 unspecified atom stereocenters. The number of aliphatic hydroxyl groups excluding tert-OH is 1. The predicted molar refractivity (Wildman–Crippen MR) is 37.3 cm³/mol. The topological polar surface area (TPSA) is 20.2 Å². The Morgan fingerprint density at radius 1 is 1.15 bits per heavy atom. The summed E-state index contributed by atoms with van der Waals surface area (Å²) in [5, 5.41) is 8.75. The van der Waals surface area contributed by atoms with E-state index < -0.39 is 29.7 Å². The summed E-state index contributed by atoms with van der Waals surface area (Å²) in [5.41, 5.74) is -0.727. The van der Waals surface area contributed by atoms with Crippen molar-refractivity contribution in [2.24, 2.45) is 0 Å². The lowest BCUT2D eigenvalue weighted by atomic mass is 10.1. The third-order valence-electron chi connectivity index (χ3n) is 1.52. The lowest BCUT2D eigenvalue weighted by molar-refractivity contribution is -0.00787. The maximum absolute atomic E-state index is 12.7. The molecule has 0 heterocycles. The van der Waals surface area contributed by atoms with Gasteiger partial charge in [-0.2, -0.15) is 0 Å². The second-order valence-corrected chi connectivity index (χ2v) is 2.45. The van der Waals surface area contributed by atoms with Gasteiger partial charge in [0, 0.05) is 5.56 Å². The molecule has 0 fully saturated rings. The lowest BCUT2D eigenvalue weighted by Gasteiger charge is -2.10. The zero-order chi connectivity index (χ0) is 10.0. The molecule has 0 radical (unpaired) electrons. The Hall–Kier alpha value is -1.10. The first-order chi connectivity index (χ1) is 6.02. The van der Waals surface area contributed by atoms with Crippen molar-refractivity contribution in [2.45, 2.75) is 12.5 Å². The van der Waals surface area contributed by atoms with Gasteiger partial charge in [0.05, 0.1) is 0 Å². The Balaban J connectivity index is 3.05. The molecular weight excluding hydrogens is 188 g/mol. The number of aliphatic hydroxyl groups is 1. The minimum Gasteiger partial charge on any atom is -0.382 e. The molecule has 1 aromatic carbocycles. The van der Waals surface area contributed by atoms with Gasteiger partial charge < -0.3 is 5.11 Å². The van der Waals surface area contributed by atoms with Gasteiger partial charge in [0.2, 0.25) is 0 Å². The average molecular weight is 194 g/mol. The van der Waals surface area contributed by atoms with Crippen LogP contribution < -0.4 is 0 Å². The van der Waals surface area contributed by atoms with E-state index in [1.807, 2.05) is 0 Å². The normalized spacial score (nSPS) is 13.4. The van der Waals surface area contributed by atoms with Crippen LogP contribution in [-0.4, -0.2) is 11.5 Å². The molecule has 1 aromatic rings. The molecule has 0 aliphatic rings. The number of halogens is 4. The third kappa shape index (κ3) is 2.18. The lowest BCUT2D eigenvalue weighted by Crippen LogP contribution is -2.10. The van der Waals surface area contributed by atoms with Gasteiger partial charge >= 0.3 is 0 Å². The highest BCUT2D eigenvalue weighted by Crippen LogP contribution is 2.23. The maximum atomic E-state index is 12.7. The number of hydrogen-bond donors (Lipinski definition) is 1. The number of rotatable bonds is 2. The Bertz CT molecular complexity index is 300. The van der Waals surface area contributed by atoms with Crippen LogP contribution in [0, 0.1) is 11.6 Å². The van der Waals surface area contributed by atoms with E-state index in [-0.39, 0.29) is 0 Å². The van der Waals surface area contributed by atoms with Crippen molar-refractivity contribution in [1.29, 1.82) is 0 Å². The van der Waals surface area contributed by atoms with Crippen molar-refractivity contribution in [3.8, 4) is 0 Å². The van der Waals surface area contributed by atoms with Gasteiger partial charge in [-0.15, -0.1) is 0 Å². The minimum absolute atomic E-state index is 0.548. The quantitative estimate of drug-likeness (QED) is 0.716. The van der Waals surface area contributed by atoms with Crippen molar-refractivity contribution in [3.05, 3.63) is 35.4 Å². The van der Waals surface area contributed by atoms with Crippen LogP contribution in [0.1, 0.15) is 11.7 Å². The third-order valence-corrected chi connectivity index (χ3v) is 1.52. The monoisotopic (exact) mass is 194 g/mol. The molecule has 0 aliphatic heterocycles. The fraction of sp³-hybridized carbons (Fsp3) is 0.250. The fourth-order valence-electron chi connectivity index (χ4n) is 0.877. The highest BCUT2D eigenvalue weighted by atomic mass is 19.3. The maximum Gasteiger partial charge on any atom is 0.268 e. The van der Waals surface area contributed by atoms with Gasteiger partial charge in [0.1, 0.15) is 17.7 Å². The summed E-state index contributed by atoms with van der Waals surface area (Å²) >= 11 is 0. The van der Waals surface area contributed by atoms with Gasteiger partial charge in [-0.25, -0.2) is 17.6 Å². The summed E-state index contributed by atoms with van der Waals surface area (Å²) in [5.74, 6) is -1.91. The standard InChI is InChI=1S/C8H6F4O/c9-4-1-2-6(10)5(3-4)7(13)8(11)12/h1-3,7-8,13H. The summed E-state index contributed by atoms with van der Waals surface area (Å²) in [4.78, 5) is 0. The van der Waals surface area contributed by atoms with E-state index in [0.717, 1.165) is 6.07 Å². The molecule has 0 aromatic heterocycles. The minimum atomic E-state index is -3.13. The highest BCUT2D eigenvalue weighted by Gasteiger charge is 2.22. The van der Waals surface area contributed by atoms with Crippen LogP contribution in [0.4, 0.5) is 17.6 Å². The largest absolute Gasteiger partial charge is 0.382 e. The van der Waals surface area contributed by atoms with Crippen LogP contribution in [0.2, 0.25) is 0 Å².